The highest BCUT2D eigenvalue weighted by atomic mass is 35.5. The molecule has 0 fully saturated rings. The Morgan fingerprint density at radius 2 is 2.00 bits per heavy atom. The minimum Gasteiger partial charge on any atom is -0.424 e. The SMILES string of the molecule is O=C(Cn1cnc2ccccc21)Oc1cc(Cl)ccc1Cl. The van der Waals surface area contributed by atoms with Gasteiger partial charge in [-0.2, -0.15) is 0 Å². The van der Waals surface area contributed by atoms with E-state index in [4.69, 9.17) is 27.9 Å². The van der Waals surface area contributed by atoms with Crippen LogP contribution in [0.2, 0.25) is 10.0 Å². The Balaban J connectivity index is 1.79. The number of carbonyl (C=O) groups is 1. The third-order valence-corrected chi connectivity index (χ3v) is 3.49. The second-order valence-electron chi connectivity index (χ2n) is 4.41. The van der Waals surface area contributed by atoms with E-state index < -0.39 is 5.97 Å². The molecule has 0 saturated carbocycles. The summed E-state index contributed by atoms with van der Waals surface area (Å²) in [6, 6.07) is 12.3. The number of rotatable bonds is 3. The van der Waals surface area contributed by atoms with Crippen LogP contribution in [-0.4, -0.2) is 15.5 Å². The van der Waals surface area contributed by atoms with Crippen molar-refractivity contribution in [1.82, 2.24) is 9.55 Å². The van der Waals surface area contributed by atoms with Crippen LogP contribution in [0.4, 0.5) is 0 Å². The van der Waals surface area contributed by atoms with E-state index in [9.17, 15) is 4.79 Å². The Labute approximate surface area is 130 Å². The van der Waals surface area contributed by atoms with Gasteiger partial charge in [-0.1, -0.05) is 35.3 Å². The topological polar surface area (TPSA) is 44.1 Å². The van der Waals surface area contributed by atoms with Crippen LogP contribution in [0.3, 0.4) is 0 Å². The van der Waals surface area contributed by atoms with E-state index in [1.54, 1.807) is 23.0 Å². The maximum atomic E-state index is 12.0. The van der Waals surface area contributed by atoms with Crippen LogP contribution < -0.4 is 4.74 Å². The molecule has 0 spiro atoms. The number of aromatic nitrogens is 2. The highest BCUT2D eigenvalue weighted by Gasteiger charge is 2.11. The number of para-hydroxylation sites is 2. The summed E-state index contributed by atoms with van der Waals surface area (Å²) in [4.78, 5) is 16.2. The lowest BCUT2D eigenvalue weighted by Gasteiger charge is -2.07. The molecule has 0 bridgehead atoms. The van der Waals surface area contributed by atoms with Crippen molar-refractivity contribution in [2.24, 2.45) is 0 Å². The zero-order valence-electron chi connectivity index (χ0n) is 10.8. The van der Waals surface area contributed by atoms with Gasteiger partial charge in [-0.05, 0) is 24.3 Å². The molecular weight excluding hydrogens is 311 g/mol. The number of fused-ring (bicyclic) bond motifs is 1. The molecule has 3 aromatic rings. The van der Waals surface area contributed by atoms with E-state index >= 15 is 0 Å². The fourth-order valence-corrected chi connectivity index (χ4v) is 2.30. The predicted molar refractivity (Wildman–Crippen MR) is 81.8 cm³/mol. The summed E-state index contributed by atoms with van der Waals surface area (Å²) < 4.78 is 6.96. The van der Waals surface area contributed by atoms with Crippen LogP contribution >= 0.6 is 23.2 Å². The van der Waals surface area contributed by atoms with Gasteiger partial charge in [-0.15, -0.1) is 0 Å². The lowest BCUT2D eigenvalue weighted by Crippen LogP contribution is -2.15. The van der Waals surface area contributed by atoms with Crippen LogP contribution in [0.25, 0.3) is 11.0 Å². The normalized spacial score (nSPS) is 10.8. The number of imidazole rings is 1. The van der Waals surface area contributed by atoms with Crippen molar-refractivity contribution in [2.45, 2.75) is 6.54 Å². The number of carbonyl (C=O) groups excluding carboxylic acids is 1. The molecule has 0 unspecified atom stereocenters. The first kappa shape index (κ1) is 13.9. The van der Waals surface area contributed by atoms with Crippen LogP contribution in [0.15, 0.2) is 48.8 Å². The molecule has 0 aliphatic heterocycles. The molecule has 106 valence electrons. The van der Waals surface area contributed by atoms with Gasteiger partial charge in [0.25, 0.3) is 0 Å². The van der Waals surface area contributed by atoms with E-state index in [1.165, 1.54) is 6.07 Å². The lowest BCUT2D eigenvalue weighted by molar-refractivity contribution is -0.134. The number of hydrogen-bond donors (Lipinski definition) is 0. The second-order valence-corrected chi connectivity index (χ2v) is 5.25. The third kappa shape index (κ3) is 3.01. The molecule has 6 heteroatoms. The second kappa shape index (κ2) is 5.76. The zero-order valence-corrected chi connectivity index (χ0v) is 12.3. The zero-order chi connectivity index (χ0) is 14.8. The number of benzene rings is 2. The molecule has 4 nitrogen and oxygen atoms in total. The van der Waals surface area contributed by atoms with Crippen molar-refractivity contribution < 1.29 is 9.53 Å². The summed E-state index contributed by atoms with van der Waals surface area (Å²) in [5.74, 6) is -0.194. The van der Waals surface area contributed by atoms with Crippen LogP contribution in [0, 0.1) is 0 Å². The van der Waals surface area contributed by atoms with Gasteiger partial charge in [0.2, 0.25) is 0 Å². The predicted octanol–water partition coefficient (Wildman–Crippen LogP) is 3.95. The van der Waals surface area contributed by atoms with Gasteiger partial charge in [0, 0.05) is 11.1 Å². The molecule has 21 heavy (non-hydrogen) atoms. The largest absolute Gasteiger partial charge is 0.424 e. The fourth-order valence-electron chi connectivity index (χ4n) is 1.99. The molecular formula is C15H10Cl2N2O2. The van der Waals surface area contributed by atoms with Crippen molar-refractivity contribution in [3.8, 4) is 5.75 Å². The summed E-state index contributed by atoms with van der Waals surface area (Å²) in [5, 5.41) is 0.790. The molecule has 2 aromatic carbocycles. The quantitative estimate of drug-likeness (QED) is 0.542. The Bertz CT molecular complexity index is 814. The molecule has 0 aliphatic rings. The smallest absolute Gasteiger partial charge is 0.331 e. The van der Waals surface area contributed by atoms with Crippen LogP contribution in [0.1, 0.15) is 0 Å². The molecule has 3 rings (SSSR count). The van der Waals surface area contributed by atoms with E-state index in [-0.39, 0.29) is 12.3 Å². The van der Waals surface area contributed by atoms with Gasteiger partial charge >= 0.3 is 5.97 Å². The monoisotopic (exact) mass is 320 g/mol. The summed E-state index contributed by atoms with van der Waals surface area (Å²) in [6.45, 7) is 0.0450. The van der Waals surface area contributed by atoms with E-state index in [1.807, 2.05) is 24.3 Å². The van der Waals surface area contributed by atoms with Gasteiger partial charge < -0.3 is 9.30 Å². The van der Waals surface area contributed by atoms with Crippen molar-refractivity contribution in [1.29, 1.82) is 0 Å². The number of ether oxygens (including phenoxy) is 1. The maximum Gasteiger partial charge on any atom is 0.331 e. The Hall–Kier alpha value is -2.04. The van der Waals surface area contributed by atoms with Gasteiger partial charge in [-0.3, -0.25) is 0 Å². The summed E-state index contributed by atoms with van der Waals surface area (Å²) >= 11 is 11.8. The first-order valence-electron chi connectivity index (χ1n) is 6.19. The molecule has 0 N–H and O–H groups in total. The van der Waals surface area contributed by atoms with Crippen molar-refractivity contribution in [3.63, 3.8) is 0 Å². The Kier molecular flexibility index (Phi) is 3.82. The van der Waals surface area contributed by atoms with Crippen LogP contribution in [-0.2, 0) is 11.3 Å². The van der Waals surface area contributed by atoms with Crippen molar-refractivity contribution in [3.05, 3.63) is 58.8 Å². The molecule has 0 aliphatic carbocycles. The van der Waals surface area contributed by atoms with Crippen molar-refractivity contribution >= 4 is 40.2 Å². The minimum atomic E-state index is -0.442. The minimum absolute atomic E-state index is 0.0450. The highest BCUT2D eigenvalue weighted by Crippen LogP contribution is 2.27. The standard InChI is InChI=1S/C15H10Cl2N2O2/c16-10-5-6-11(17)14(7-10)21-15(20)8-19-9-18-12-3-1-2-4-13(12)19/h1-7,9H,8H2. The maximum absolute atomic E-state index is 12.0. The van der Waals surface area contributed by atoms with Gasteiger partial charge in [-0.25, -0.2) is 9.78 Å². The van der Waals surface area contributed by atoms with Crippen molar-refractivity contribution in [2.75, 3.05) is 0 Å². The molecule has 0 atom stereocenters. The summed E-state index contributed by atoms with van der Waals surface area (Å²) in [6.07, 6.45) is 1.60. The number of halogens is 2. The summed E-state index contributed by atoms with van der Waals surface area (Å²) in [7, 11) is 0. The van der Waals surface area contributed by atoms with E-state index in [0.717, 1.165) is 11.0 Å². The molecule has 1 heterocycles. The molecule has 1 aromatic heterocycles. The first-order chi connectivity index (χ1) is 10.1. The van der Waals surface area contributed by atoms with Gasteiger partial charge in [0.05, 0.1) is 22.4 Å². The van der Waals surface area contributed by atoms with E-state index in [0.29, 0.717) is 10.0 Å². The van der Waals surface area contributed by atoms with Gasteiger partial charge in [0.1, 0.15) is 6.54 Å². The Morgan fingerprint density at radius 3 is 2.86 bits per heavy atom. The third-order valence-electron chi connectivity index (χ3n) is 2.94. The average Bonchev–Trinajstić information content (AvgIpc) is 2.86. The lowest BCUT2D eigenvalue weighted by atomic mass is 10.3. The summed E-state index contributed by atoms with van der Waals surface area (Å²) in [5.41, 5.74) is 1.69. The number of hydrogen-bond acceptors (Lipinski definition) is 3. The van der Waals surface area contributed by atoms with Crippen LogP contribution in [0.5, 0.6) is 5.75 Å². The molecule has 0 radical (unpaired) electrons. The number of nitrogens with zero attached hydrogens (tertiary/aromatic N) is 2. The van der Waals surface area contributed by atoms with Gasteiger partial charge in [0.15, 0.2) is 5.75 Å². The first-order valence-corrected chi connectivity index (χ1v) is 6.95. The molecule has 0 saturated heterocycles. The molecule has 0 amide bonds. The average molecular weight is 321 g/mol. The highest BCUT2D eigenvalue weighted by molar-refractivity contribution is 6.34. The van der Waals surface area contributed by atoms with E-state index in [2.05, 4.69) is 4.98 Å². The fraction of sp³-hybridized carbons (Fsp3) is 0.0667. The number of esters is 1. The Morgan fingerprint density at radius 1 is 1.19 bits per heavy atom.